The number of allylic oxidation sites excluding steroid dienone is 1. The minimum absolute atomic E-state index is 0.476. The van der Waals surface area contributed by atoms with Gasteiger partial charge in [0.2, 0.25) is 0 Å². The summed E-state index contributed by atoms with van der Waals surface area (Å²) in [7, 11) is 0. The molecule has 2 heteroatoms. The predicted molar refractivity (Wildman–Crippen MR) is 133 cm³/mol. The predicted octanol–water partition coefficient (Wildman–Crippen LogP) is 6.75. The molecule has 0 saturated carbocycles. The summed E-state index contributed by atoms with van der Waals surface area (Å²) in [6.07, 6.45) is 4.74. The van der Waals surface area contributed by atoms with Crippen molar-refractivity contribution >= 4 is 5.69 Å². The summed E-state index contributed by atoms with van der Waals surface area (Å²) >= 11 is 0. The van der Waals surface area contributed by atoms with Gasteiger partial charge in [0.25, 0.3) is 0 Å². The van der Waals surface area contributed by atoms with Gasteiger partial charge in [-0.1, -0.05) is 73.7 Å². The van der Waals surface area contributed by atoms with Crippen molar-refractivity contribution in [3.05, 3.63) is 89.6 Å². The van der Waals surface area contributed by atoms with E-state index in [1.807, 2.05) is 0 Å². The van der Waals surface area contributed by atoms with Gasteiger partial charge in [0.15, 0.2) is 0 Å². The van der Waals surface area contributed by atoms with Crippen LogP contribution in [0, 0.1) is 18.8 Å². The lowest BCUT2D eigenvalue weighted by Crippen LogP contribution is -2.44. The summed E-state index contributed by atoms with van der Waals surface area (Å²) in [5.41, 5.74) is 8.30. The second kappa shape index (κ2) is 9.34. The smallest absolute Gasteiger partial charge is 0.0429 e. The maximum Gasteiger partial charge on any atom is 0.0429 e. The molecule has 3 unspecified atom stereocenters. The standard InChI is InChI=1S/C29H38N2/c1-21-13-16-29-27(18-21)12-9-17-30(29)19-22(2)24(4)28-15-14-23(3)31(25(28)5)20-26-10-7-6-8-11-26/h6-8,10-11,13,16,18,24-25,28H,2-3,9,12,14-15,17,19-20H2,1,4-5H3. The van der Waals surface area contributed by atoms with Gasteiger partial charge in [-0.2, -0.15) is 0 Å². The van der Waals surface area contributed by atoms with Crippen molar-refractivity contribution in [2.24, 2.45) is 11.8 Å². The molecule has 2 heterocycles. The number of fused-ring (bicyclic) bond motifs is 1. The second-order valence-corrected chi connectivity index (χ2v) is 9.73. The van der Waals surface area contributed by atoms with Crippen molar-refractivity contribution in [1.29, 1.82) is 0 Å². The lowest BCUT2D eigenvalue weighted by atomic mass is 9.76. The Labute approximate surface area is 189 Å². The first kappa shape index (κ1) is 21.7. The average Bonchev–Trinajstić information content (AvgIpc) is 2.77. The van der Waals surface area contributed by atoms with E-state index in [-0.39, 0.29) is 0 Å². The minimum Gasteiger partial charge on any atom is -0.368 e. The molecule has 1 saturated heterocycles. The fourth-order valence-electron chi connectivity index (χ4n) is 5.60. The molecule has 2 nitrogen and oxygen atoms in total. The minimum atomic E-state index is 0.476. The Kier molecular flexibility index (Phi) is 6.55. The first-order valence-corrected chi connectivity index (χ1v) is 11.9. The SMILES string of the molecule is C=C(CN1CCCc2cc(C)ccc21)C(C)C1CCC(=C)N(Cc2ccccc2)C1C. The normalized spacial score (nSPS) is 22.2. The van der Waals surface area contributed by atoms with E-state index in [1.54, 1.807) is 0 Å². The third kappa shape index (κ3) is 4.74. The van der Waals surface area contributed by atoms with E-state index in [9.17, 15) is 0 Å². The van der Waals surface area contributed by atoms with Crippen LogP contribution in [0.15, 0.2) is 73.0 Å². The van der Waals surface area contributed by atoms with Crippen LogP contribution in [0.1, 0.15) is 49.8 Å². The summed E-state index contributed by atoms with van der Waals surface area (Å²) in [6, 6.07) is 18.2. The number of aryl methyl sites for hydroxylation is 2. The number of hydrogen-bond acceptors (Lipinski definition) is 2. The summed E-state index contributed by atoms with van der Waals surface area (Å²) in [5, 5.41) is 0. The van der Waals surface area contributed by atoms with Crippen molar-refractivity contribution in [3.63, 3.8) is 0 Å². The number of anilines is 1. The number of likely N-dealkylation sites (tertiary alicyclic amines) is 1. The zero-order chi connectivity index (χ0) is 22.0. The van der Waals surface area contributed by atoms with Gasteiger partial charge in [-0.05, 0) is 68.6 Å². The maximum atomic E-state index is 4.59. The van der Waals surface area contributed by atoms with Crippen LogP contribution in [0.2, 0.25) is 0 Å². The molecule has 0 aliphatic carbocycles. The fourth-order valence-corrected chi connectivity index (χ4v) is 5.60. The third-order valence-electron chi connectivity index (χ3n) is 7.61. The highest BCUT2D eigenvalue weighted by Gasteiger charge is 2.34. The molecule has 0 aromatic heterocycles. The molecule has 2 aliphatic heterocycles. The summed E-state index contributed by atoms with van der Waals surface area (Å²) in [5.74, 6) is 1.11. The number of benzene rings is 2. The molecule has 2 aromatic rings. The Morgan fingerprint density at radius 3 is 2.68 bits per heavy atom. The van der Waals surface area contributed by atoms with Crippen molar-refractivity contribution in [2.75, 3.05) is 18.0 Å². The zero-order valence-corrected chi connectivity index (χ0v) is 19.6. The highest BCUT2D eigenvalue weighted by molar-refractivity contribution is 5.57. The molecule has 0 amide bonds. The number of nitrogens with zero attached hydrogens (tertiary/aromatic N) is 2. The fraction of sp³-hybridized carbons (Fsp3) is 0.448. The van der Waals surface area contributed by atoms with Crippen molar-refractivity contribution < 1.29 is 0 Å². The first-order valence-electron chi connectivity index (χ1n) is 11.9. The van der Waals surface area contributed by atoms with Crippen LogP contribution < -0.4 is 4.90 Å². The monoisotopic (exact) mass is 414 g/mol. The summed E-state index contributed by atoms with van der Waals surface area (Å²) < 4.78 is 0. The van der Waals surface area contributed by atoms with Gasteiger partial charge in [0.05, 0.1) is 0 Å². The molecule has 31 heavy (non-hydrogen) atoms. The van der Waals surface area contributed by atoms with Crippen LogP contribution in [0.4, 0.5) is 5.69 Å². The molecular weight excluding hydrogens is 376 g/mol. The van der Waals surface area contributed by atoms with E-state index in [2.05, 4.69) is 92.3 Å². The molecule has 164 valence electrons. The molecule has 0 radical (unpaired) electrons. The maximum absolute atomic E-state index is 4.59. The van der Waals surface area contributed by atoms with E-state index in [0.717, 1.165) is 26.1 Å². The molecule has 2 aromatic carbocycles. The quantitative estimate of drug-likeness (QED) is 0.482. The topological polar surface area (TPSA) is 6.48 Å². The second-order valence-electron chi connectivity index (χ2n) is 9.73. The van der Waals surface area contributed by atoms with Crippen LogP contribution in [0.25, 0.3) is 0 Å². The van der Waals surface area contributed by atoms with Crippen LogP contribution in [-0.4, -0.2) is 24.0 Å². The van der Waals surface area contributed by atoms with Gasteiger partial charge in [0, 0.05) is 37.1 Å². The number of piperidine rings is 1. The van der Waals surface area contributed by atoms with Crippen LogP contribution in [-0.2, 0) is 13.0 Å². The van der Waals surface area contributed by atoms with E-state index in [1.165, 1.54) is 52.9 Å². The van der Waals surface area contributed by atoms with Gasteiger partial charge in [-0.3, -0.25) is 0 Å². The molecule has 3 atom stereocenters. The molecule has 1 fully saturated rings. The molecule has 2 aliphatic rings. The van der Waals surface area contributed by atoms with E-state index >= 15 is 0 Å². The lowest BCUT2D eigenvalue weighted by Gasteiger charge is -2.45. The van der Waals surface area contributed by atoms with E-state index in [0.29, 0.717) is 17.9 Å². The third-order valence-corrected chi connectivity index (χ3v) is 7.61. The van der Waals surface area contributed by atoms with E-state index in [4.69, 9.17) is 0 Å². The Balaban J connectivity index is 1.44. The molecule has 0 bridgehead atoms. The van der Waals surface area contributed by atoms with Gasteiger partial charge < -0.3 is 9.80 Å². The van der Waals surface area contributed by atoms with Crippen LogP contribution in [0.5, 0.6) is 0 Å². The van der Waals surface area contributed by atoms with Gasteiger partial charge in [0.1, 0.15) is 0 Å². The molecule has 4 rings (SSSR count). The van der Waals surface area contributed by atoms with Crippen LogP contribution >= 0.6 is 0 Å². The average molecular weight is 415 g/mol. The Hall–Kier alpha value is -2.48. The van der Waals surface area contributed by atoms with Gasteiger partial charge in [-0.25, -0.2) is 0 Å². The Morgan fingerprint density at radius 2 is 1.90 bits per heavy atom. The van der Waals surface area contributed by atoms with Crippen molar-refractivity contribution in [3.8, 4) is 0 Å². The molecule has 0 N–H and O–H groups in total. The number of rotatable bonds is 6. The highest BCUT2D eigenvalue weighted by Crippen LogP contribution is 2.38. The van der Waals surface area contributed by atoms with Crippen molar-refractivity contribution in [1.82, 2.24) is 4.90 Å². The van der Waals surface area contributed by atoms with Gasteiger partial charge >= 0.3 is 0 Å². The van der Waals surface area contributed by atoms with Crippen molar-refractivity contribution in [2.45, 2.75) is 59.0 Å². The zero-order valence-electron chi connectivity index (χ0n) is 19.6. The largest absolute Gasteiger partial charge is 0.368 e. The summed E-state index contributed by atoms with van der Waals surface area (Å²) in [4.78, 5) is 5.09. The van der Waals surface area contributed by atoms with Gasteiger partial charge in [-0.15, -0.1) is 0 Å². The molecule has 0 spiro atoms. The first-order chi connectivity index (χ1) is 14.9. The lowest BCUT2D eigenvalue weighted by molar-refractivity contribution is 0.117. The Morgan fingerprint density at radius 1 is 1.13 bits per heavy atom. The summed E-state index contributed by atoms with van der Waals surface area (Å²) in [6.45, 7) is 19.0. The Bertz CT molecular complexity index is 929. The molecular formula is C29H38N2. The van der Waals surface area contributed by atoms with Crippen LogP contribution in [0.3, 0.4) is 0 Å². The van der Waals surface area contributed by atoms with E-state index < -0.39 is 0 Å². The number of hydrogen-bond donors (Lipinski definition) is 0. The highest BCUT2D eigenvalue weighted by atomic mass is 15.2.